The van der Waals surface area contributed by atoms with Gasteiger partial charge in [-0.3, -0.25) is 0 Å². The van der Waals surface area contributed by atoms with Crippen LogP contribution in [0.2, 0.25) is 0 Å². The van der Waals surface area contributed by atoms with Crippen molar-refractivity contribution in [1.82, 2.24) is 0 Å². The number of oxime groups is 1. The highest BCUT2D eigenvalue weighted by molar-refractivity contribution is 6.11. The van der Waals surface area contributed by atoms with E-state index in [-0.39, 0.29) is 17.7 Å². The fourth-order valence-electron chi connectivity index (χ4n) is 1.18. The Kier molecular flexibility index (Phi) is 1.99. The van der Waals surface area contributed by atoms with Crippen molar-refractivity contribution in [3.8, 4) is 0 Å². The first-order valence-electron chi connectivity index (χ1n) is 3.89. The Morgan fingerprint density at radius 3 is 2.79 bits per heavy atom. The van der Waals surface area contributed by atoms with Crippen molar-refractivity contribution in [1.29, 1.82) is 0 Å². The van der Waals surface area contributed by atoms with Gasteiger partial charge < -0.3 is 4.84 Å². The third-order valence-corrected chi connectivity index (χ3v) is 1.83. The molecule has 0 N–H and O–H groups in total. The second-order valence-corrected chi connectivity index (χ2v) is 2.78. The number of rotatable bonds is 1. The van der Waals surface area contributed by atoms with E-state index >= 15 is 0 Å². The summed E-state index contributed by atoms with van der Waals surface area (Å²) >= 11 is 0. The average molecular weight is 197 g/mol. The van der Waals surface area contributed by atoms with E-state index < -0.39 is 17.6 Å². The van der Waals surface area contributed by atoms with E-state index in [1.807, 2.05) is 0 Å². The lowest BCUT2D eigenvalue weighted by atomic mass is 10.1. The van der Waals surface area contributed by atoms with Gasteiger partial charge >= 0.3 is 5.97 Å². The standard InChI is InChI=1S/C9H5F2NO2/c10-6-3-1-2-5(9(6)11)7-4-8(13)14-12-7/h1-3H,4H2. The number of hydrogen-bond donors (Lipinski definition) is 0. The van der Waals surface area contributed by atoms with Crippen molar-refractivity contribution >= 4 is 11.7 Å². The first-order valence-corrected chi connectivity index (χ1v) is 3.89. The van der Waals surface area contributed by atoms with E-state index in [0.717, 1.165) is 6.07 Å². The predicted octanol–water partition coefficient (Wildman–Crippen LogP) is 1.62. The molecule has 0 bridgehead atoms. The number of halogens is 2. The molecule has 1 aromatic rings. The fraction of sp³-hybridized carbons (Fsp3) is 0.111. The first-order chi connectivity index (χ1) is 6.68. The van der Waals surface area contributed by atoms with E-state index in [0.29, 0.717) is 0 Å². The molecule has 0 aromatic heterocycles. The summed E-state index contributed by atoms with van der Waals surface area (Å²) in [5, 5.41) is 3.35. The van der Waals surface area contributed by atoms with Crippen LogP contribution in [0, 0.1) is 11.6 Å². The molecule has 0 unspecified atom stereocenters. The van der Waals surface area contributed by atoms with Crippen molar-refractivity contribution in [2.75, 3.05) is 0 Å². The molecule has 72 valence electrons. The molecule has 0 saturated carbocycles. The Morgan fingerprint density at radius 2 is 2.14 bits per heavy atom. The average Bonchev–Trinajstić information content (AvgIpc) is 2.57. The monoisotopic (exact) mass is 197 g/mol. The van der Waals surface area contributed by atoms with Crippen molar-refractivity contribution in [3.63, 3.8) is 0 Å². The molecule has 14 heavy (non-hydrogen) atoms. The zero-order chi connectivity index (χ0) is 10.1. The van der Waals surface area contributed by atoms with Crippen LogP contribution < -0.4 is 0 Å². The topological polar surface area (TPSA) is 38.7 Å². The highest BCUT2D eigenvalue weighted by Gasteiger charge is 2.22. The summed E-state index contributed by atoms with van der Waals surface area (Å²) in [6.45, 7) is 0. The minimum Gasteiger partial charge on any atom is -0.318 e. The van der Waals surface area contributed by atoms with Gasteiger partial charge in [0.1, 0.15) is 5.71 Å². The summed E-state index contributed by atoms with van der Waals surface area (Å²) in [5.74, 6) is -2.54. The maximum absolute atomic E-state index is 13.2. The van der Waals surface area contributed by atoms with Crippen LogP contribution in [-0.2, 0) is 9.63 Å². The van der Waals surface area contributed by atoms with Gasteiger partial charge in [-0.25, -0.2) is 13.6 Å². The fourth-order valence-corrected chi connectivity index (χ4v) is 1.18. The molecule has 0 atom stereocenters. The van der Waals surface area contributed by atoms with Crippen LogP contribution in [0.5, 0.6) is 0 Å². The molecule has 0 amide bonds. The Balaban J connectivity index is 2.42. The summed E-state index contributed by atoms with van der Waals surface area (Å²) < 4.78 is 25.9. The zero-order valence-electron chi connectivity index (χ0n) is 6.96. The molecular formula is C9H5F2NO2. The second kappa shape index (κ2) is 3.17. The summed E-state index contributed by atoms with van der Waals surface area (Å²) in [7, 11) is 0. The summed E-state index contributed by atoms with van der Waals surface area (Å²) in [6.07, 6.45) is -0.125. The number of carbonyl (C=O) groups excluding carboxylic acids is 1. The highest BCUT2D eigenvalue weighted by Crippen LogP contribution is 2.17. The largest absolute Gasteiger partial charge is 0.341 e. The summed E-state index contributed by atoms with van der Waals surface area (Å²) in [6, 6.07) is 3.69. The van der Waals surface area contributed by atoms with Crippen molar-refractivity contribution in [2.45, 2.75) is 6.42 Å². The number of nitrogens with zero attached hydrogens (tertiary/aromatic N) is 1. The minimum absolute atomic E-state index is 0.0316. The van der Waals surface area contributed by atoms with E-state index in [4.69, 9.17) is 0 Å². The van der Waals surface area contributed by atoms with Gasteiger partial charge in [-0.05, 0) is 12.1 Å². The minimum atomic E-state index is -1.01. The normalized spacial score (nSPS) is 15.3. The van der Waals surface area contributed by atoms with E-state index in [1.54, 1.807) is 0 Å². The van der Waals surface area contributed by atoms with Crippen LogP contribution >= 0.6 is 0 Å². The Morgan fingerprint density at radius 1 is 1.36 bits per heavy atom. The van der Waals surface area contributed by atoms with Gasteiger partial charge in [0.15, 0.2) is 11.6 Å². The maximum atomic E-state index is 13.2. The lowest BCUT2D eigenvalue weighted by Gasteiger charge is -1.99. The van der Waals surface area contributed by atoms with E-state index in [9.17, 15) is 13.6 Å². The molecule has 1 aliphatic heterocycles. The number of carbonyl (C=O) groups is 1. The first kappa shape index (κ1) is 8.80. The number of hydrogen-bond acceptors (Lipinski definition) is 3. The van der Waals surface area contributed by atoms with Gasteiger partial charge in [-0.15, -0.1) is 0 Å². The maximum Gasteiger partial charge on any atom is 0.341 e. The molecule has 3 nitrogen and oxygen atoms in total. The van der Waals surface area contributed by atoms with Gasteiger partial charge in [0.2, 0.25) is 0 Å². The Labute approximate surface area is 78.0 Å². The van der Waals surface area contributed by atoms with E-state index in [2.05, 4.69) is 9.99 Å². The van der Waals surface area contributed by atoms with Crippen LogP contribution in [0.3, 0.4) is 0 Å². The predicted molar refractivity (Wildman–Crippen MR) is 43.6 cm³/mol. The van der Waals surface area contributed by atoms with E-state index in [1.165, 1.54) is 12.1 Å². The van der Waals surface area contributed by atoms with Crippen LogP contribution in [0.25, 0.3) is 0 Å². The van der Waals surface area contributed by atoms with Crippen LogP contribution in [-0.4, -0.2) is 11.7 Å². The SMILES string of the molecule is O=C1CC(c2cccc(F)c2F)=NO1. The molecule has 0 radical (unpaired) electrons. The molecule has 1 aliphatic rings. The summed E-state index contributed by atoms with van der Waals surface area (Å²) in [4.78, 5) is 14.9. The molecule has 2 rings (SSSR count). The van der Waals surface area contributed by atoms with Crippen LogP contribution in [0.4, 0.5) is 8.78 Å². The van der Waals surface area contributed by atoms with Gasteiger partial charge in [-0.1, -0.05) is 11.2 Å². The molecular weight excluding hydrogens is 192 g/mol. The highest BCUT2D eigenvalue weighted by atomic mass is 19.2. The third kappa shape index (κ3) is 1.37. The molecule has 1 aromatic carbocycles. The van der Waals surface area contributed by atoms with Gasteiger partial charge in [0, 0.05) is 5.56 Å². The summed E-state index contributed by atoms with van der Waals surface area (Å²) in [5.41, 5.74) is 0.0860. The van der Waals surface area contributed by atoms with Gasteiger partial charge in [0.25, 0.3) is 0 Å². The molecule has 0 aliphatic carbocycles. The van der Waals surface area contributed by atoms with Gasteiger partial charge in [0.05, 0.1) is 6.42 Å². The molecule has 0 fully saturated rings. The van der Waals surface area contributed by atoms with Crippen molar-refractivity contribution in [2.24, 2.45) is 5.16 Å². The molecule has 0 spiro atoms. The van der Waals surface area contributed by atoms with Crippen molar-refractivity contribution in [3.05, 3.63) is 35.4 Å². The quantitative estimate of drug-likeness (QED) is 0.641. The lowest BCUT2D eigenvalue weighted by Crippen LogP contribution is -2.04. The smallest absolute Gasteiger partial charge is 0.318 e. The third-order valence-electron chi connectivity index (χ3n) is 1.83. The van der Waals surface area contributed by atoms with Crippen LogP contribution in [0.15, 0.2) is 23.4 Å². The second-order valence-electron chi connectivity index (χ2n) is 2.78. The molecule has 5 heteroatoms. The Bertz CT molecular complexity index is 429. The van der Waals surface area contributed by atoms with Crippen molar-refractivity contribution < 1.29 is 18.4 Å². The van der Waals surface area contributed by atoms with Gasteiger partial charge in [-0.2, -0.15) is 0 Å². The zero-order valence-corrected chi connectivity index (χ0v) is 6.96. The molecule has 1 heterocycles. The lowest BCUT2D eigenvalue weighted by molar-refractivity contribution is -0.140. The number of benzene rings is 1. The molecule has 0 saturated heterocycles. The van der Waals surface area contributed by atoms with Crippen LogP contribution in [0.1, 0.15) is 12.0 Å². The Hall–Kier alpha value is -1.78.